The van der Waals surface area contributed by atoms with Crippen LogP contribution in [0.1, 0.15) is 13.8 Å². The quantitative estimate of drug-likeness (QED) is 0.656. The Kier molecular flexibility index (Phi) is 5.90. The molecule has 0 aliphatic rings. The minimum Gasteiger partial charge on any atom is -0.480 e. The summed E-state index contributed by atoms with van der Waals surface area (Å²) in [7, 11) is 0. The summed E-state index contributed by atoms with van der Waals surface area (Å²) in [5.74, 6) is -2.14. The number of aliphatic carboxylic acids is 1. The predicted molar refractivity (Wildman–Crippen MR) is 59.1 cm³/mol. The van der Waals surface area contributed by atoms with E-state index in [1.54, 1.807) is 0 Å². The van der Waals surface area contributed by atoms with Crippen LogP contribution in [0.2, 0.25) is 0 Å². The van der Waals surface area contributed by atoms with Crippen LogP contribution in [0.25, 0.3) is 0 Å². The smallest absolute Gasteiger partial charge is 0.417 e. The summed E-state index contributed by atoms with van der Waals surface area (Å²) in [6.07, 6.45) is 0.250. The topological polar surface area (TPSA) is 110 Å². The minimum atomic E-state index is -1.34. The average molecular weight is 244 g/mol. The van der Waals surface area contributed by atoms with Crippen LogP contribution in [0.3, 0.4) is 0 Å². The van der Waals surface area contributed by atoms with Gasteiger partial charge in [-0.1, -0.05) is 12.7 Å². The largest absolute Gasteiger partial charge is 0.480 e. The van der Waals surface area contributed by atoms with Crippen LogP contribution in [0.4, 0.5) is 4.79 Å². The van der Waals surface area contributed by atoms with Crippen molar-refractivity contribution in [3.63, 3.8) is 0 Å². The van der Waals surface area contributed by atoms with Gasteiger partial charge in [-0.2, -0.15) is 0 Å². The highest BCUT2D eigenvalue weighted by molar-refractivity contribution is 5.98. The number of ether oxygens (including phenoxy) is 1. The van der Waals surface area contributed by atoms with E-state index in [0.717, 1.165) is 0 Å². The Labute approximate surface area is 98.8 Å². The molecule has 0 saturated heterocycles. The van der Waals surface area contributed by atoms with Gasteiger partial charge in [0.2, 0.25) is 5.91 Å². The molecular weight excluding hydrogens is 228 g/mol. The van der Waals surface area contributed by atoms with Crippen LogP contribution in [-0.2, 0) is 14.3 Å². The second-order valence-corrected chi connectivity index (χ2v) is 3.38. The Morgan fingerprint density at radius 2 is 2.00 bits per heavy atom. The number of rotatable bonds is 5. The lowest BCUT2D eigenvalue weighted by atomic mass is 10.2. The van der Waals surface area contributed by atoms with Gasteiger partial charge in [0.25, 0.3) is 0 Å². The summed E-state index contributed by atoms with van der Waals surface area (Å²) < 4.78 is 4.63. The maximum atomic E-state index is 11.6. The van der Waals surface area contributed by atoms with Gasteiger partial charge in [0.1, 0.15) is 12.6 Å². The maximum Gasteiger partial charge on any atom is 0.417 e. The van der Waals surface area contributed by atoms with Crippen LogP contribution in [-0.4, -0.2) is 46.7 Å². The molecule has 2 amide bonds. The van der Waals surface area contributed by atoms with Crippen molar-refractivity contribution in [2.24, 2.45) is 5.73 Å². The highest BCUT2D eigenvalue weighted by Crippen LogP contribution is 2.05. The zero-order valence-electron chi connectivity index (χ0n) is 9.75. The lowest BCUT2D eigenvalue weighted by Crippen LogP contribution is -2.52. The van der Waals surface area contributed by atoms with E-state index in [4.69, 9.17) is 10.8 Å². The molecule has 0 saturated carbocycles. The number of carboxylic acids is 1. The summed E-state index contributed by atoms with van der Waals surface area (Å²) in [5.41, 5.74) is 5.33. The maximum absolute atomic E-state index is 11.6. The molecule has 3 N–H and O–H groups in total. The molecule has 0 aliphatic heterocycles. The Morgan fingerprint density at radius 1 is 1.47 bits per heavy atom. The first-order valence-electron chi connectivity index (χ1n) is 4.92. The first-order valence-corrected chi connectivity index (χ1v) is 4.92. The second-order valence-electron chi connectivity index (χ2n) is 3.38. The summed E-state index contributed by atoms with van der Waals surface area (Å²) in [6.45, 7) is 5.76. The molecule has 0 fully saturated rings. The highest BCUT2D eigenvalue weighted by Gasteiger charge is 2.34. The van der Waals surface area contributed by atoms with E-state index in [1.807, 2.05) is 0 Å². The molecule has 0 aromatic heterocycles. The lowest BCUT2D eigenvalue weighted by Gasteiger charge is -2.25. The number of nitrogens with two attached hydrogens (primary N) is 1. The van der Waals surface area contributed by atoms with E-state index in [0.29, 0.717) is 4.90 Å². The van der Waals surface area contributed by atoms with E-state index in [2.05, 4.69) is 11.3 Å². The van der Waals surface area contributed by atoms with Gasteiger partial charge in [-0.3, -0.25) is 4.79 Å². The van der Waals surface area contributed by atoms with Crippen molar-refractivity contribution in [3.8, 4) is 0 Å². The molecular formula is C10H16N2O5. The molecule has 0 unspecified atom stereocenters. The molecule has 7 heteroatoms. The van der Waals surface area contributed by atoms with Gasteiger partial charge in [-0.05, 0) is 13.8 Å². The van der Waals surface area contributed by atoms with Gasteiger partial charge in [0, 0.05) is 0 Å². The molecule has 0 heterocycles. The number of nitrogens with zero attached hydrogens (tertiary/aromatic N) is 1. The molecule has 2 atom stereocenters. The number of imide groups is 1. The fourth-order valence-corrected chi connectivity index (χ4v) is 0.969. The third-order valence-corrected chi connectivity index (χ3v) is 1.89. The van der Waals surface area contributed by atoms with Crippen molar-refractivity contribution in [1.29, 1.82) is 0 Å². The third-order valence-electron chi connectivity index (χ3n) is 1.89. The standard InChI is InChI=1S/C10H16N2O5/c1-4-5-17-10(16)12(7(3)9(14)15)8(13)6(2)11/h4,6-7H,1,5,11H2,2-3H3,(H,14,15)/t6-,7-/m0/s1. The van der Waals surface area contributed by atoms with Crippen LogP contribution < -0.4 is 5.73 Å². The van der Waals surface area contributed by atoms with Crippen molar-refractivity contribution >= 4 is 18.0 Å². The number of carboxylic acid groups (broad SMARTS) is 1. The normalized spacial score (nSPS) is 13.4. The van der Waals surface area contributed by atoms with Gasteiger partial charge < -0.3 is 15.6 Å². The zero-order valence-corrected chi connectivity index (χ0v) is 9.75. The summed E-state index contributed by atoms with van der Waals surface area (Å²) in [4.78, 5) is 34.4. The van der Waals surface area contributed by atoms with Crippen LogP contribution in [0, 0.1) is 0 Å². The SMILES string of the molecule is C=CCOC(=O)N(C(=O)[C@H](C)N)[C@@H](C)C(=O)O. The summed E-state index contributed by atoms with van der Waals surface area (Å²) in [5, 5.41) is 8.79. The van der Waals surface area contributed by atoms with Crippen molar-refractivity contribution in [2.45, 2.75) is 25.9 Å². The highest BCUT2D eigenvalue weighted by atomic mass is 16.6. The molecule has 0 aromatic rings. The minimum absolute atomic E-state index is 0.117. The molecule has 0 spiro atoms. The second kappa shape index (κ2) is 6.64. The monoisotopic (exact) mass is 244 g/mol. The van der Waals surface area contributed by atoms with Gasteiger partial charge in [-0.15, -0.1) is 0 Å². The van der Waals surface area contributed by atoms with Crippen molar-refractivity contribution in [3.05, 3.63) is 12.7 Å². The van der Waals surface area contributed by atoms with Gasteiger partial charge in [0.05, 0.1) is 6.04 Å². The van der Waals surface area contributed by atoms with E-state index in [9.17, 15) is 14.4 Å². The van der Waals surface area contributed by atoms with Crippen molar-refractivity contribution in [2.75, 3.05) is 6.61 Å². The molecule has 0 bridgehead atoms. The first kappa shape index (κ1) is 15.1. The first-order chi connectivity index (χ1) is 7.82. The molecule has 0 radical (unpaired) electrons. The third kappa shape index (κ3) is 4.23. The van der Waals surface area contributed by atoms with E-state index < -0.39 is 30.1 Å². The van der Waals surface area contributed by atoms with Gasteiger partial charge in [0.15, 0.2) is 0 Å². The van der Waals surface area contributed by atoms with Gasteiger partial charge in [-0.25, -0.2) is 14.5 Å². The van der Waals surface area contributed by atoms with E-state index in [-0.39, 0.29) is 6.61 Å². The van der Waals surface area contributed by atoms with Crippen molar-refractivity contribution < 1.29 is 24.2 Å². The van der Waals surface area contributed by atoms with Crippen LogP contribution >= 0.6 is 0 Å². The number of hydrogen-bond donors (Lipinski definition) is 2. The number of amides is 2. The molecule has 96 valence electrons. The molecule has 0 aromatic carbocycles. The number of hydrogen-bond acceptors (Lipinski definition) is 5. The number of carbonyl (C=O) groups excluding carboxylic acids is 2. The summed E-state index contributed by atoms with van der Waals surface area (Å²) >= 11 is 0. The van der Waals surface area contributed by atoms with E-state index in [1.165, 1.54) is 19.9 Å². The predicted octanol–water partition coefficient (Wildman–Crippen LogP) is -0.0421. The Morgan fingerprint density at radius 3 is 2.35 bits per heavy atom. The van der Waals surface area contributed by atoms with Crippen molar-refractivity contribution in [1.82, 2.24) is 4.90 Å². The van der Waals surface area contributed by atoms with Crippen LogP contribution in [0.15, 0.2) is 12.7 Å². The number of carbonyl (C=O) groups is 3. The van der Waals surface area contributed by atoms with Crippen LogP contribution in [0.5, 0.6) is 0 Å². The molecule has 17 heavy (non-hydrogen) atoms. The zero-order chi connectivity index (χ0) is 13.6. The molecule has 7 nitrogen and oxygen atoms in total. The van der Waals surface area contributed by atoms with E-state index >= 15 is 0 Å². The Hall–Kier alpha value is -1.89. The molecule has 0 aliphatic carbocycles. The van der Waals surface area contributed by atoms with Gasteiger partial charge >= 0.3 is 12.1 Å². The Bertz CT molecular complexity index is 327. The fourth-order valence-electron chi connectivity index (χ4n) is 0.969. The Balaban J connectivity index is 4.97. The average Bonchev–Trinajstić information content (AvgIpc) is 2.25. The lowest BCUT2D eigenvalue weighted by molar-refractivity contribution is -0.148. The molecule has 0 rings (SSSR count). The fraction of sp³-hybridized carbons (Fsp3) is 0.500. The summed E-state index contributed by atoms with van der Waals surface area (Å²) in [6, 6.07) is -2.33.